The lowest BCUT2D eigenvalue weighted by Gasteiger charge is -2.30. The van der Waals surface area contributed by atoms with Crippen LogP contribution in [-0.2, 0) is 10.3 Å². The summed E-state index contributed by atoms with van der Waals surface area (Å²) in [6.07, 6.45) is 0. The zero-order valence-corrected chi connectivity index (χ0v) is 13.9. The molecule has 1 aliphatic heterocycles. The maximum atomic E-state index is 6.21. The number of hydrogen-bond acceptors (Lipinski definition) is 1. The van der Waals surface area contributed by atoms with Crippen molar-refractivity contribution < 1.29 is 4.74 Å². The molecular formula is C16H12BrIO. The van der Waals surface area contributed by atoms with Gasteiger partial charge >= 0.3 is 0 Å². The Kier molecular flexibility index (Phi) is 3.78. The molecule has 0 unspecified atom stereocenters. The van der Waals surface area contributed by atoms with E-state index in [1.54, 1.807) is 0 Å². The second kappa shape index (κ2) is 5.38. The third kappa shape index (κ3) is 2.18. The zero-order chi connectivity index (χ0) is 13.3. The fourth-order valence-corrected chi connectivity index (χ4v) is 3.75. The first kappa shape index (κ1) is 13.3. The quantitative estimate of drug-likeness (QED) is 0.614. The predicted octanol–water partition coefficient (Wildman–Crippen LogP) is 5.00. The highest BCUT2D eigenvalue weighted by Crippen LogP contribution is 2.50. The first-order chi connectivity index (χ1) is 9.25. The van der Waals surface area contributed by atoms with Crippen molar-refractivity contribution >= 4 is 38.5 Å². The van der Waals surface area contributed by atoms with Crippen molar-refractivity contribution in [1.82, 2.24) is 0 Å². The largest absolute Gasteiger partial charge is 0.355 e. The third-order valence-corrected chi connectivity index (χ3v) is 6.10. The van der Waals surface area contributed by atoms with Gasteiger partial charge in [-0.2, -0.15) is 0 Å². The van der Waals surface area contributed by atoms with E-state index in [0.29, 0.717) is 6.61 Å². The Balaban J connectivity index is 2.24. The van der Waals surface area contributed by atoms with Gasteiger partial charge in [0.15, 0.2) is 5.60 Å². The lowest BCUT2D eigenvalue weighted by molar-refractivity contribution is 0.0556. The van der Waals surface area contributed by atoms with Crippen LogP contribution in [0.2, 0.25) is 0 Å². The number of benzene rings is 2. The summed E-state index contributed by atoms with van der Waals surface area (Å²) in [5.74, 6) is 0. The summed E-state index contributed by atoms with van der Waals surface area (Å²) >= 11 is 6.01. The summed E-state index contributed by atoms with van der Waals surface area (Å²) in [6.45, 7) is 0.613. The van der Waals surface area contributed by atoms with Crippen LogP contribution in [0.15, 0.2) is 68.7 Å². The molecule has 0 N–H and O–H groups in total. The van der Waals surface area contributed by atoms with Crippen molar-refractivity contribution in [3.8, 4) is 0 Å². The van der Waals surface area contributed by atoms with Crippen LogP contribution >= 0.6 is 38.5 Å². The van der Waals surface area contributed by atoms with Crippen LogP contribution in [0.1, 0.15) is 11.1 Å². The lowest BCUT2D eigenvalue weighted by atomic mass is 9.86. The van der Waals surface area contributed by atoms with E-state index in [0.717, 1.165) is 4.48 Å². The van der Waals surface area contributed by atoms with Crippen molar-refractivity contribution in [2.45, 2.75) is 5.60 Å². The van der Waals surface area contributed by atoms with E-state index in [1.807, 2.05) is 12.1 Å². The van der Waals surface area contributed by atoms with E-state index < -0.39 is 5.60 Å². The van der Waals surface area contributed by atoms with Crippen LogP contribution < -0.4 is 0 Å². The summed E-state index contributed by atoms with van der Waals surface area (Å²) < 4.78 is 8.53. The van der Waals surface area contributed by atoms with Gasteiger partial charge < -0.3 is 4.74 Å². The summed E-state index contributed by atoms with van der Waals surface area (Å²) in [5, 5.41) is 0. The Bertz CT molecular complexity index is 568. The van der Waals surface area contributed by atoms with Gasteiger partial charge in [0.05, 0.1) is 6.61 Å². The molecule has 3 rings (SSSR count). The minimum atomic E-state index is -0.470. The van der Waals surface area contributed by atoms with Crippen LogP contribution in [-0.4, -0.2) is 6.61 Å². The third-order valence-electron chi connectivity index (χ3n) is 3.32. The normalized spacial score (nSPS) is 17.8. The fraction of sp³-hybridized carbons (Fsp3) is 0.125. The first-order valence-corrected chi connectivity index (χ1v) is 7.92. The summed E-state index contributed by atoms with van der Waals surface area (Å²) in [6, 6.07) is 20.8. The van der Waals surface area contributed by atoms with E-state index in [-0.39, 0.29) is 0 Å². The van der Waals surface area contributed by atoms with Crippen molar-refractivity contribution in [2.24, 2.45) is 0 Å². The van der Waals surface area contributed by atoms with Gasteiger partial charge in [0.25, 0.3) is 0 Å². The highest BCUT2D eigenvalue weighted by molar-refractivity contribution is 14.1. The Labute approximate surface area is 134 Å². The molecule has 1 heterocycles. The molecule has 0 amide bonds. The molecular weight excluding hydrogens is 415 g/mol. The average molecular weight is 427 g/mol. The standard InChI is InChI=1S/C16H12BrIO/c17-14-11-19-16(15(14)18,12-7-3-1-4-8-12)13-9-5-2-6-10-13/h1-10H,11H2. The minimum Gasteiger partial charge on any atom is -0.355 e. The highest BCUT2D eigenvalue weighted by Gasteiger charge is 2.43. The molecule has 19 heavy (non-hydrogen) atoms. The molecule has 0 saturated carbocycles. The van der Waals surface area contributed by atoms with Crippen LogP contribution in [0.25, 0.3) is 0 Å². The van der Waals surface area contributed by atoms with Gasteiger partial charge in [-0.25, -0.2) is 0 Å². The molecule has 1 nitrogen and oxygen atoms in total. The number of halogens is 2. The summed E-state index contributed by atoms with van der Waals surface area (Å²) in [7, 11) is 0. The molecule has 96 valence electrons. The number of rotatable bonds is 2. The van der Waals surface area contributed by atoms with E-state index >= 15 is 0 Å². The molecule has 0 spiro atoms. The second-order valence-corrected chi connectivity index (χ2v) is 6.46. The maximum absolute atomic E-state index is 6.21. The topological polar surface area (TPSA) is 9.23 Å². The van der Waals surface area contributed by atoms with Crippen molar-refractivity contribution in [3.05, 3.63) is 79.9 Å². The number of ether oxygens (including phenoxy) is 1. The second-order valence-electron chi connectivity index (χ2n) is 4.42. The van der Waals surface area contributed by atoms with E-state index in [2.05, 4.69) is 87.1 Å². The Morgan fingerprint density at radius 3 is 1.74 bits per heavy atom. The van der Waals surface area contributed by atoms with Crippen LogP contribution in [0.5, 0.6) is 0 Å². The van der Waals surface area contributed by atoms with Crippen molar-refractivity contribution in [1.29, 1.82) is 0 Å². The molecule has 0 saturated heterocycles. The summed E-state index contributed by atoms with van der Waals surface area (Å²) in [4.78, 5) is 0. The molecule has 0 radical (unpaired) electrons. The molecule has 0 fully saturated rings. The van der Waals surface area contributed by atoms with Gasteiger partial charge in [-0.05, 0) is 33.7 Å². The fourth-order valence-electron chi connectivity index (χ4n) is 2.42. The maximum Gasteiger partial charge on any atom is 0.150 e. The zero-order valence-electron chi connectivity index (χ0n) is 10.1. The Morgan fingerprint density at radius 1 is 0.895 bits per heavy atom. The lowest BCUT2D eigenvalue weighted by Crippen LogP contribution is -2.28. The van der Waals surface area contributed by atoms with Gasteiger partial charge in [0.1, 0.15) is 0 Å². The molecule has 2 aromatic rings. The molecule has 0 aliphatic carbocycles. The van der Waals surface area contributed by atoms with E-state index in [1.165, 1.54) is 14.7 Å². The molecule has 0 bridgehead atoms. The average Bonchev–Trinajstić information content (AvgIpc) is 2.78. The van der Waals surface area contributed by atoms with Gasteiger partial charge in [-0.3, -0.25) is 0 Å². The number of hydrogen-bond donors (Lipinski definition) is 0. The molecule has 0 aromatic heterocycles. The first-order valence-electron chi connectivity index (χ1n) is 6.05. The van der Waals surface area contributed by atoms with Gasteiger partial charge in [-0.1, -0.05) is 76.6 Å². The minimum absolute atomic E-state index is 0.470. The highest BCUT2D eigenvalue weighted by atomic mass is 127. The molecule has 0 atom stereocenters. The predicted molar refractivity (Wildman–Crippen MR) is 89.6 cm³/mol. The van der Waals surface area contributed by atoms with Crippen molar-refractivity contribution in [3.63, 3.8) is 0 Å². The Hall–Kier alpha value is -0.650. The van der Waals surface area contributed by atoms with Crippen molar-refractivity contribution in [2.75, 3.05) is 6.61 Å². The SMILES string of the molecule is BrC1=C(I)C(c2ccccc2)(c2ccccc2)OC1. The summed E-state index contributed by atoms with van der Waals surface area (Å²) in [5.41, 5.74) is 1.86. The van der Waals surface area contributed by atoms with E-state index in [4.69, 9.17) is 4.74 Å². The smallest absolute Gasteiger partial charge is 0.150 e. The molecule has 1 aliphatic rings. The van der Waals surface area contributed by atoms with Gasteiger partial charge in [-0.15, -0.1) is 0 Å². The van der Waals surface area contributed by atoms with E-state index in [9.17, 15) is 0 Å². The van der Waals surface area contributed by atoms with Crippen LogP contribution in [0.4, 0.5) is 0 Å². The molecule has 3 heteroatoms. The monoisotopic (exact) mass is 426 g/mol. The van der Waals surface area contributed by atoms with Crippen LogP contribution in [0, 0.1) is 0 Å². The van der Waals surface area contributed by atoms with Gasteiger partial charge in [0.2, 0.25) is 0 Å². The van der Waals surface area contributed by atoms with Crippen LogP contribution in [0.3, 0.4) is 0 Å². The molecule has 2 aromatic carbocycles. The van der Waals surface area contributed by atoms with Gasteiger partial charge in [0, 0.05) is 8.06 Å². The Morgan fingerprint density at radius 2 is 1.37 bits per heavy atom.